The molecule has 1 aromatic carbocycles. The maximum Gasteiger partial charge on any atom is 0.130 e. The smallest absolute Gasteiger partial charge is 0.130 e. The van der Waals surface area contributed by atoms with E-state index in [0.717, 1.165) is 47.7 Å². The fourth-order valence-electron chi connectivity index (χ4n) is 2.50. The highest BCUT2D eigenvalue weighted by Gasteiger charge is 2.29. The Hall–Kier alpha value is -1.06. The summed E-state index contributed by atoms with van der Waals surface area (Å²) in [6.07, 6.45) is 2.82. The van der Waals surface area contributed by atoms with Gasteiger partial charge in [-0.1, -0.05) is 32.4 Å². The molecule has 0 saturated carbocycles. The van der Waals surface area contributed by atoms with Crippen molar-refractivity contribution >= 4 is 22.6 Å². The van der Waals surface area contributed by atoms with Gasteiger partial charge in [0, 0.05) is 11.6 Å². The highest BCUT2D eigenvalue weighted by molar-refractivity contribution is 6.31. The lowest BCUT2D eigenvalue weighted by Gasteiger charge is -2.27. The minimum Gasteiger partial charge on any atom is -0.326 e. The summed E-state index contributed by atoms with van der Waals surface area (Å²) in [5, 5.41) is 0.718. The van der Waals surface area contributed by atoms with Crippen molar-refractivity contribution in [2.75, 3.05) is 0 Å². The summed E-state index contributed by atoms with van der Waals surface area (Å²) in [7, 11) is 0. The molecule has 2 rings (SSSR count). The number of fused-ring (bicyclic) bond motifs is 1. The highest BCUT2D eigenvalue weighted by Crippen LogP contribution is 2.30. The van der Waals surface area contributed by atoms with Gasteiger partial charge in [-0.25, -0.2) is 4.98 Å². The Morgan fingerprint density at radius 3 is 2.53 bits per heavy atom. The van der Waals surface area contributed by atoms with Crippen LogP contribution in [0.2, 0.25) is 5.02 Å². The second-order valence-corrected chi connectivity index (χ2v) is 5.52. The zero-order valence-electron chi connectivity index (χ0n) is 11.9. The number of hydrogen-bond donors (Lipinski definition) is 1. The Labute approximate surface area is 119 Å². The molecular weight excluding hydrogens is 258 g/mol. The number of imidazole rings is 1. The molecule has 0 radical (unpaired) electrons. The molecule has 19 heavy (non-hydrogen) atoms. The molecule has 0 bridgehead atoms. The number of benzene rings is 1. The number of halogens is 1. The predicted octanol–water partition coefficient (Wildman–Crippen LogP) is 4.07. The third kappa shape index (κ3) is 2.49. The molecule has 2 aromatic rings. The minimum atomic E-state index is -0.360. The van der Waals surface area contributed by atoms with Crippen molar-refractivity contribution in [2.45, 2.75) is 52.1 Å². The van der Waals surface area contributed by atoms with Crippen molar-refractivity contribution in [1.82, 2.24) is 9.55 Å². The van der Waals surface area contributed by atoms with Crippen molar-refractivity contribution in [3.63, 3.8) is 0 Å². The minimum absolute atomic E-state index is 0.360. The fraction of sp³-hybridized carbons (Fsp3) is 0.533. The molecule has 0 spiro atoms. The molecule has 0 fully saturated rings. The van der Waals surface area contributed by atoms with Gasteiger partial charge >= 0.3 is 0 Å². The topological polar surface area (TPSA) is 43.8 Å². The molecule has 2 N–H and O–H groups in total. The third-order valence-electron chi connectivity index (χ3n) is 3.86. The first kappa shape index (κ1) is 14.4. The van der Waals surface area contributed by atoms with Gasteiger partial charge in [-0.05, 0) is 37.5 Å². The Morgan fingerprint density at radius 1 is 1.26 bits per heavy atom. The van der Waals surface area contributed by atoms with Crippen molar-refractivity contribution in [3.8, 4) is 0 Å². The zero-order valence-corrected chi connectivity index (χ0v) is 12.7. The van der Waals surface area contributed by atoms with Gasteiger partial charge in [0.05, 0.1) is 16.6 Å². The maximum absolute atomic E-state index is 6.53. The second kappa shape index (κ2) is 5.51. The van der Waals surface area contributed by atoms with Crippen LogP contribution in [0.1, 0.15) is 45.9 Å². The van der Waals surface area contributed by atoms with E-state index in [2.05, 4.69) is 25.3 Å². The number of nitrogens with zero attached hydrogens (tertiary/aromatic N) is 2. The maximum atomic E-state index is 6.53. The van der Waals surface area contributed by atoms with Gasteiger partial charge in [-0.15, -0.1) is 0 Å². The number of nitrogens with two attached hydrogens (primary N) is 1. The van der Waals surface area contributed by atoms with Crippen molar-refractivity contribution < 1.29 is 0 Å². The Morgan fingerprint density at radius 2 is 1.95 bits per heavy atom. The van der Waals surface area contributed by atoms with Crippen LogP contribution < -0.4 is 5.73 Å². The molecule has 0 saturated heterocycles. The normalized spacial score (nSPS) is 12.3. The van der Waals surface area contributed by atoms with Crippen LogP contribution in [0.25, 0.3) is 11.0 Å². The van der Waals surface area contributed by atoms with Gasteiger partial charge < -0.3 is 10.3 Å². The average molecular weight is 280 g/mol. The van der Waals surface area contributed by atoms with Crippen LogP contribution in [0.4, 0.5) is 0 Å². The van der Waals surface area contributed by atoms with E-state index in [1.54, 1.807) is 0 Å². The van der Waals surface area contributed by atoms with Crippen LogP contribution >= 0.6 is 11.6 Å². The van der Waals surface area contributed by atoms with E-state index in [9.17, 15) is 0 Å². The lowest BCUT2D eigenvalue weighted by Crippen LogP contribution is -2.38. The zero-order chi connectivity index (χ0) is 14.0. The fourth-order valence-corrected chi connectivity index (χ4v) is 2.67. The van der Waals surface area contributed by atoms with E-state index >= 15 is 0 Å². The average Bonchev–Trinajstić information content (AvgIpc) is 2.77. The van der Waals surface area contributed by atoms with E-state index in [0.29, 0.717) is 0 Å². The first-order valence-electron chi connectivity index (χ1n) is 7.00. The van der Waals surface area contributed by atoms with Crippen LogP contribution in [0.3, 0.4) is 0 Å². The van der Waals surface area contributed by atoms with Gasteiger partial charge in [0.15, 0.2) is 0 Å². The van der Waals surface area contributed by atoms with Crippen LogP contribution in [0.5, 0.6) is 0 Å². The predicted molar refractivity (Wildman–Crippen MR) is 81.5 cm³/mol. The second-order valence-electron chi connectivity index (χ2n) is 5.08. The molecule has 3 nitrogen and oxygen atoms in total. The molecule has 1 heterocycles. The number of aryl methyl sites for hydroxylation is 1. The summed E-state index contributed by atoms with van der Waals surface area (Å²) in [6.45, 7) is 7.34. The van der Waals surface area contributed by atoms with Crippen LogP contribution in [-0.2, 0) is 12.1 Å². The van der Waals surface area contributed by atoms with E-state index in [-0.39, 0.29) is 5.54 Å². The molecule has 0 unspecified atom stereocenters. The molecule has 0 amide bonds. The van der Waals surface area contributed by atoms with Crippen LogP contribution in [0.15, 0.2) is 18.2 Å². The molecular formula is C15H22ClN3. The quantitative estimate of drug-likeness (QED) is 0.896. The molecule has 0 aliphatic heterocycles. The van der Waals surface area contributed by atoms with Crippen molar-refractivity contribution in [1.29, 1.82) is 0 Å². The van der Waals surface area contributed by atoms with Gasteiger partial charge in [0.1, 0.15) is 5.82 Å². The summed E-state index contributed by atoms with van der Waals surface area (Å²) in [5.41, 5.74) is 8.23. The Bertz CT molecular complexity index is 570. The molecule has 0 aliphatic carbocycles. The van der Waals surface area contributed by atoms with E-state index in [1.165, 1.54) is 0 Å². The summed E-state index contributed by atoms with van der Waals surface area (Å²) < 4.78 is 2.25. The monoisotopic (exact) mass is 279 g/mol. The number of hydrogen-bond acceptors (Lipinski definition) is 2. The molecule has 1 aromatic heterocycles. The lowest BCUT2D eigenvalue weighted by atomic mass is 9.93. The summed E-state index contributed by atoms with van der Waals surface area (Å²) in [6, 6.07) is 5.87. The number of rotatable bonds is 5. The van der Waals surface area contributed by atoms with Gasteiger partial charge in [-0.3, -0.25) is 0 Å². The third-order valence-corrected chi connectivity index (χ3v) is 4.10. The summed E-state index contributed by atoms with van der Waals surface area (Å²) in [5.74, 6) is 0.983. The van der Waals surface area contributed by atoms with E-state index < -0.39 is 0 Å². The SMILES string of the molecule is CCCn1c(C(N)(CC)CC)nc2cc(Cl)ccc21. The molecule has 0 aliphatic rings. The van der Waals surface area contributed by atoms with Crippen LogP contribution in [0, 0.1) is 0 Å². The van der Waals surface area contributed by atoms with Gasteiger partial charge in [0.25, 0.3) is 0 Å². The molecule has 104 valence electrons. The first-order chi connectivity index (χ1) is 9.05. The molecule has 4 heteroatoms. The highest BCUT2D eigenvalue weighted by atomic mass is 35.5. The summed E-state index contributed by atoms with van der Waals surface area (Å²) in [4.78, 5) is 4.76. The van der Waals surface area contributed by atoms with Gasteiger partial charge in [-0.2, -0.15) is 0 Å². The Kier molecular flexibility index (Phi) is 4.16. The van der Waals surface area contributed by atoms with Crippen molar-refractivity contribution in [3.05, 3.63) is 29.0 Å². The standard InChI is InChI=1S/C15H22ClN3/c1-4-9-19-13-8-7-11(16)10-12(13)18-14(19)15(17,5-2)6-3/h7-8,10H,4-6,9,17H2,1-3H3. The van der Waals surface area contributed by atoms with E-state index in [4.69, 9.17) is 22.3 Å². The lowest BCUT2D eigenvalue weighted by molar-refractivity contribution is 0.370. The van der Waals surface area contributed by atoms with E-state index in [1.807, 2.05) is 18.2 Å². The molecule has 0 atom stereocenters. The summed E-state index contributed by atoms with van der Waals surface area (Å²) >= 11 is 6.06. The first-order valence-corrected chi connectivity index (χ1v) is 7.38. The van der Waals surface area contributed by atoms with Crippen molar-refractivity contribution in [2.24, 2.45) is 5.73 Å². The number of aromatic nitrogens is 2. The Balaban J connectivity index is 2.68. The van der Waals surface area contributed by atoms with Gasteiger partial charge in [0.2, 0.25) is 0 Å². The largest absolute Gasteiger partial charge is 0.326 e. The van der Waals surface area contributed by atoms with Crippen LogP contribution in [-0.4, -0.2) is 9.55 Å².